The van der Waals surface area contributed by atoms with E-state index in [1.807, 2.05) is 0 Å². The van der Waals surface area contributed by atoms with Crippen LogP contribution in [-0.4, -0.2) is 6.09 Å². The number of hydrogen-bond donors (Lipinski definition) is 1. The maximum atomic E-state index is 13.1. The zero-order valence-electron chi connectivity index (χ0n) is 12.1. The molecule has 2 aromatic carbocycles. The lowest BCUT2D eigenvalue weighted by Crippen LogP contribution is -2.17. The van der Waals surface area contributed by atoms with Crippen LogP contribution in [0.15, 0.2) is 53.4 Å². The van der Waals surface area contributed by atoms with E-state index < -0.39 is 23.5 Å². The van der Waals surface area contributed by atoms with Gasteiger partial charge in [-0.3, -0.25) is 5.32 Å². The molecular weight excluding hydrogens is 341 g/mol. The van der Waals surface area contributed by atoms with Gasteiger partial charge in [0.2, 0.25) is 0 Å². The molecule has 1 amide bonds. The zero-order chi connectivity index (χ0) is 17.6. The first-order valence-corrected chi connectivity index (χ1v) is 7.46. The number of anilines is 1. The molecule has 2 aromatic rings. The number of rotatable bonds is 4. The molecule has 0 radical (unpaired) electrons. The summed E-state index contributed by atoms with van der Waals surface area (Å²) in [7, 11) is 0. The van der Waals surface area contributed by atoms with Gasteiger partial charge in [-0.05, 0) is 35.5 Å². The lowest BCUT2D eigenvalue weighted by Gasteiger charge is -2.14. The van der Waals surface area contributed by atoms with Gasteiger partial charge in [-0.25, -0.2) is 4.79 Å². The smallest absolute Gasteiger partial charge is 0.418 e. The molecule has 0 atom stereocenters. The van der Waals surface area contributed by atoms with Gasteiger partial charge in [0.1, 0.15) is 12.0 Å². The largest absolute Gasteiger partial charge is 0.444 e. The van der Waals surface area contributed by atoms with Crippen LogP contribution in [-0.2, 0) is 17.5 Å². The number of carbonyl (C=O) groups is 1. The SMILES string of the molecule is N#CSc1ccc(NC(=O)OCc2ccccc2)c(C(F)(F)F)c1. The normalized spacial score (nSPS) is 10.8. The standard InChI is InChI=1S/C16H11F3N2O2S/c17-16(18,19)13-8-12(24-10-20)6-7-14(13)21-15(22)23-9-11-4-2-1-3-5-11/h1-8H,9H2,(H,21,22). The minimum Gasteiger partial charge on any atom is -0.444 e. The Kier molecular flexibility index (Phi) is 5.71. The van der Waals surface area contributed by atoms with E-state index >= 15 is 0 Å². The van der Waals surface area contributed by atoms with Crippen molar-refractivity contribution in [1.82, 2.24) is 0 Å². The molecule has 0 aliphatic rings. The lowest BCUT2D eigenvalue weighted by molar-refractivity contribution is -0.137. The molecule has 0 aromatic heterocycles. The molecule has 8 heteroatoms. The van der Waals surface area contributed by atoms with Crippen molar-refractivity contribution in [3.05, 3.63) is 59.7 Å². The fourth-order valence-electron chi connectivity index (χ4n) is 1.85. The molecule has 0 unspecified atom stereocenters. The summed E-state index contributed by atoms with van der Waals surface area (Å²) in [6, 6.07) is 12.0. The van der Waals surface area contributed by atoms with E-state index in [0.29, 0.717) is 17.3 Å². The second-order valence-corrected chi connectivity index (χ2v) is 5.44. The third kappa shape index (κ3) is 4.93. The highest BCUT2D eigenvalue weighted by atomic mass is 32.2. The van der Waals surface area contributed by atoms with E-state index in [0.717, 1.165) is 12.1 Å². The highest BCUT2D eigenvalue weighted by molar-refractivity contribution is 8.03. The number of nitriles is 1. The van der Waals surface area contributed by atoms with Crippen molar-refractivity contribution in [3.8, 4) is 5.40 Å². The van der Waals surface area contributed by atoms with Crippen LogP contribution in [0.1, 0.15) is 11.1 Å². The van der Waals surface area contributed by atoms with Gasteiger partial charge in [0.05, 0.1) is 11.3 Å². The quantitative estimate of drug-likeness (QED) is 0.619. The van der Waals surface area contributed by atoms with E-state index in [1.165, 1.54) is 6.07 Å². The molecule has 4 nitrogen and oxygen atoms in total. The highest BCUT2D eigenvalue weighted by Gasteiger charge is 2.34. The number of nitrogens with one attached hydrogen (secondary N) is 1. The van der Waals surface area contributed by atoms with Crippen LogP contribution in [0.25, 0.3) is 0 Å². The number of benzene rings is 2. The average Bonchev–Trinajstić information content (AvgIpc) is 2.54. The van der Waals surface area contributed by atoms with Crippen LogP contribution >= 0.6 is 11.8 Å². The number of halogens is 3. The molecule has 0 heterocycles. The van der Waals surface area contributed by atoms with E-state index in [2.05, 4.69) is 5.32 Å². The predicted molar refractivity (Wildman–Crippen MR) is 83.2 cm³/mol. The number of ether oxygens (including phenoxy) is 1. The highest BCUT2D eigenvalue weighted by Crippen LogP contribution is 2.37. The second-order valence-electron chi connectivity index (χ2n) is 4.59. The van der Waals surface area contributed by atoms with E-state index in [4.69, 9.17) is 10.00 Å². The summed E-state index contributed by atoms with van der Waals surface area (Å²) in [6.07, 6.45) is -5.67. The Morgan fingerprint density at radius 1 is 1.21 bits per heavy atom. The van der Waals surface area contributed by atoms with Crippen LogP contribution in [0.2, 0.25) is 0 Å². The summed E-state index contributed by atoms with van der Waals surface area (Å²) in [5.41, 5.74) is -0.758. The molecule has 124 valence electrons. The summed E-state index contributed by atoms with van der Waals surface area (Å²) in [5.74, 6) is 0. The summed E-state index contributed by atoms with van der Waals surface area (Å²) in [6.45, 7) is -0.0591. The molecule has 0 aliphatic carbocycles. The maximum Gasteiger partial charge on any atom is 0.418 e. The van der Waals surface area contributed by atoms with Crippen LogP contribution in [0.4, 0.5) is 23.7 Å². The predicted octanol–water partition coefficient (Wildman–Crippen LogP) is 5.03. The first-order chi connectivity index (χ1) is 11.4. The molecular formula is C16H11F3N2O2S. The van der Waals surface area contributed by atoms with Gasteiger partial charge in [-0.1, -0.05) is 30.3 Å². The molecule has 0 spiro atoms. The van der Waals surface area contributed by atoms with Crippen molar-refractivity contribution in [1.29, 1.82) is 5.26 Å². The van der Waals surface area contributed by atoms with Gasteiger partial charge < -0.3 is 4.74 Å². The molecule has 0 bridgehead atoms. The number of alkyl halides is 3. The Hall–Kier alpha value is -2.66. The Bertz CT molecular complexity index is 758. The van der Waals surface area contributed by atoms with Crippen LogP contribution in [0.5, 0.6) is 0 Å². The number of thioether (sulfide) groups is 1. The maximum absolute atomic E-state index is 13.1. The number of nitrogens with zero attached hydrogens (tertiary/aromatic N) is 1. The number of carbonyl (C=O) groups excluding carboxylic acids is 1. The van der Waals surface area contributed by atoms with Crippen molar-refractivity contribution < 1.29 is 22.7 Å². The Morgan fingerprint density at radius 3 is 2.54 bits per heavy atom. The van der Waals surface area contributed by atoms with Crippen LogP contribution < -0.4 is 5.32 Å². The van der Waals surface area contributed by atoms with E-state index in [-0.39, 0.29) is 11.5 Å². The summed E-state index contributed by atoms with van der Waals surface area (Å²) >= 11 is 0.602. The molecule has 0 fully saturated rings. The minimum absolute atomic E-state index is 0.0591. The van der Waals surface area contributed by atoms with Gasteiger partial charge in [0.15, 0.2) is 0 Å². The number of thiocyanates is 1. The molecule has 2 rings (SSSR count). The van der Waals surface area contributed by atoms with Crippen molar-refractivity contribution in [3.63, 3.8) is 0 Å². The second kappa shape index (κ2) is 7.75. The summed E-state index contributed by atoms with van der Waals surface area (Å²) in [5, 5.41) is 12.3. The van der Waals surface area contributed by atoms with E-state index in [1.54, 1.807) is 35.7 Å². The zero-order valence-corrected chi connectivity index (χ0v) is 12.9. The topological polar surface area (TPSA) is 62.1 Å². The Labute approximate surface area is 140 Å². The fraction of sp³-hybridized carbons (Fsp3) is 0.125. The summed E-state index contributed by atoms with van der Waals surface area (Å²) < 4.78 is 44.2. The molecule has 24 heavy (non-hydrogen) atoms. The van der Waals surface area contributed by atoms with E-state index in [9.17, 15) is 18.0 Å². The van der Waals surface area contributed by atoms with Crippen LogP contribution in [0.3, 0.4) is 0 Å². The Balaban J connectivity index is 2.10. The Morgan fingerprint density at radius 2 is 1.92 bits per heavy atom. The van der Waals surface area contributed by atoms with Crippen LogP contribution in [0, 0.1) is 10.7 Å². The first-order valence-electron chi connectivity index (χ1n) is 6.65. The van der Waals surface area contributed by atoms with Crippen molar-refractivity contribution in [2.24, 2.45) is 0 Å². The number of amides is 1. The van der Waals surface area contributed by atoms with Gasteiger partial charge in [0.25, 0.3) is 0 Å². The average molecular weight is 352 g/mol. The lowest BCUT2D eigenvalue weighted by atomic mass is 10.1. The van der Waals surface area contributed by atoms with Crippen molar-refractivity contribution >= 4 is 23.5 Å². The van der Waals surface area contributed by atoms with Gasteiger partial charge >= 0.3 is 12.3 Å². The van der Waals surface area contributed by atoms with Gasteiger partial charge in [0, 0.05) is 4.90 Å². The molecule has 0 saturated heterocycles. The third-order valence-corrected chi connectivity index (χ3v) is 3.49. The van der Waals surface area contributed by atoms with Gasteiger partial charge in [-0.2, -0.15) is 18.4 Å². The summed E-state index contributed by atoms with van der Waals surface area (Å²) in [4.78, 5) is 11.8. The number of hydrogen-bond acceptors (Lipinski definition) is 4. The molecule has 1 N–H and O–H groups in total. The van der Waals surface area contributed by atoms with Crippen molar-refractivity contribution in [2.75, 3.05) is 5.32 Å². The van der Waals surface area contributed by atoms with Crippen molar-refractivity contribution in [2.45, 2.75) is 17.7 Å². The minimum atomic E-state index is -4.67. The van der Waals surface area contributed by atoms with Gasteiger partial charge in [-0.15, -0.1) is 0 Å². The molecule has 0 saturated carbocycles. The third-order valence-electron chi connectivity index (χ3n) is 2.91. The first kappa shape index (κ1) is 17.7. The fourth-order valence-corrected chi connectivity index (χ4v) is 2.27. The monoisotopic (exact) mass is 352 g/mol. The molecule has 0 aliphatic heterocycles.